The average molecular weight is 388 g/mol. The zero-order chi connectivity index (χ0) is 20.1. The molecule has 2 aliphatic heterocycles. The van der Waals surface area contributed by atoms with Crippen molar-refractivity contribution < 1.29 is 26.3 Å². The fourth-order valence-corrected chi connectivity index (χ4v) is 4.78. The third-order valence-electron chi connectivity index (χ3n) is 5.82. The molecule has 2 rings (SSSR count). The van der Waals surface area contributed by atoms with Crippen molar-refractivity contribution in [3.63, 3.8) is 0 Å². The largest absolute Gasteiger partial charge is 0.404 e. The molecule has 2 nitrogen and oxygen atoms in total. The third kappa shape index (κ3) is 4.66. The summed E-state index contributed by atoms with van der Waals surface area (Å²) < 4.78 is 80.3. The van der Waals surface area contributed by atoms with Crippen molar-refractivity contribution in [3.05, 3.63) is 0 Å². The smallest absolute Gasteiger partial charge is 0.287 e. The van der Waals surface area contributed by atoms with E-state index in [1.165, 1.54) is 9.80 Å². The lowest BCUT2D eigenvalue weighted by molar-refractivity contribution is -0.188. The van der Waals surface area contributed by atoms with E-state index in [1.54, 1.807) is 34.6 Å². The fraction of sp³-hybridized carbons (Fsp3) is 1.00. The number of hydrogen-bond acceptors (Lipinski definition) is 2. The van der Waals surface area contributed by atoms with E-state index in [0.717, 1.165) is 0 Å². The van der Waals surface area contributed by atoms with Crippen molar-refractivity contribution in [3.8, 4) is 0 Å². The topological polar surface area (TPSA) is 6.48 Å². The molecule has 0 radical (unpaired) electrons. The number of halogens is 6. The lowest BCUT2D eigenvalue weighted by Crippen LogP contribution is -2.53. The maximum Gasteiger partial charge on any atom is 0.404 e. The Hall–Kier alpha value is -0.500. The van der Waals surface area contributed by atoms with Crippen molar-refractivity contribution in [1.82, 2.24) is 9.80 Å². The van der Waals surface area contributed by atoms with Crippen LogP contribution in [-0.4, -0.2) is 58.4 Å². The Morgan fingerprint density at radius 1 is 0.808 bits per heavy atom. The maximum absolute atomic E-state index is 13.5. The van der Waals surface area contributed by atoms with Gasteiger partial charge in [-0.1, -0.05) is 0 Å². The Labute approximate surface area is 151 Å². The Bertz CT molecular complexity index is 469. The van der Waals surface area contributed by atoms with Gasteiger partial charge in [0.05, 0.1) is 0 Å². The highest BCUT2D eigenvalue weighted by Crippen LogP contribution is 2.44. The number of hydrogen-bond donors (Lipinski definition) is 0. The van der Waals surface area contributed by atoms with Crippen LogP contribution in [0.2, 0.25) is 0 Å². The summed E-state index contributed by atoms with van der Waals surface area (Å²) in [4.78, 5) is 2.91. The van der Waals surface area contributed by atoms with Crippen molar-refractivity contribution in [2.75, 3.05) is 13.1 Å². The van der Waals surface area contributed by atoms with Gasteiger partial charge in [-0.2, -0.15) is 26.3 Å². The molecule has 0 bridgehead atoms. The summed E-state index contributed by atoms with van der Waals surface area (Å²) in [5.41, 5.74) is -1.42. The van der Waals surface area contributed by atoms with Gasteiger partial charge in [-0.3, -0.25) is 9.80 Å². The molecule has 2 heterocycles. The predicted molar refractivity (Wildman–Crippen MR) is 88.9 cm³/mol. The Kier molecular flexibility index (Phi) is 5.73. The van der Waals surface area contributed by atoms with Crippen molar-refractivity contribution in [1.29, 1.82) is 0 Å². The minimum absolute atomic E-state index is 0.0469. The van der Waals surface area contributed by atoms with Gasteiger partial charge in [0.25, 0.3) is 0 Å². The van der Waals surface area contributed by atoms with E-state index in [2.05, 4.69) is 0 Å². The van der Waals surface area contributed by atoms with Gasteiger partial charge >= 0.3 is 12.4 Å². The second kappa shape index (κ2) is 6.83. The first kappa shape index (κ1) is 21.8. The van der Waals surface area contributed by atoms with Gasteiger partial charge in [0.1, 0.15) is 12.1 Å². The van der Waals surface area contributed by atoms with E-state index in [4.69, 9.17) is 0 Å². The van der Waals surface area contributed by atoms with Gasteiger partial charge in [-0.15, -0.1) is 0 Å². The van der Waals surface area contributed by atoms with Crippen LogP contribution in [-0.2, 0) is 0 Å². The van der Waals surface area contributed by atoms with Crippen LogP contribution in [0.4, 0.5) is 26.3 Å². The van der Waals surface area contributed by atoms with E-state index in [0.29, 0.717) is 19.4 Å². The number of nitrogens with zero attached hydrogens (tertiary/aromatic N) is 2. The van der Waals surface area contributed by atoms with Crippen LogP contribution in [0, 0.1) is 5.92 Å². The lowest BCUT2D eigenvalue weighted by Gasteiger charge is -2.42. The van der Waals surface area contributed by atoms with Crippen LogP contribution >= 0.6 is 0 Å². The molecular weight excluding hydrogens is 358 g/mol. The van der Waals surface area contributed by atoms with Crippen LogP contribution in [0.3, 0.4) is 0 Å². The summed E-state index contributed by atoms with van der Waals surface area (Å²) in [6.07, 6.45) is -7.80. The molecule has 0 saturated carbocycles. The molecule has 2 aliphatic rings. The molecule has 0 aromatic heterocycles. The number of likely N-dealkylation sites (tertiary alicyclic amines) is 2. The Morgan fingerprint density at radius 2 is 1.35 bits per heavy atom. The van der Waals surface area contributed by atoms with Crippen molar-refractivity contribution >= 4 is 0 Å². The van der Waals surface area contributed by atoms with Gasteiger partial charge < -0.3 is 0 Å². The van der Waals surface area contributed by atoms with Crippen LogP contribution in [0.1, 0.15) is 60.3 Å². The van der Waals surface area contributed by atoms with E-state index in [9.17, 15) is 26.3 Å². The highest BCUT2D eigenvalue weighted by molar-refractivity contribution is 5.00. The molecule has 2 unspecified atom stereocenters. The van der Waals surface area contributed by atoms with Gasteiger partial charge in [-0.25, -0.2) is 0 Å². The molecule has 0 aromatic rings. The second-order valence-corrected chi connectivity index (χ2v) is 9.39. The Balaban J connectivity index is 2.14. The maximum atomic E-state index is 13.5. The quantitative estimate of drug-likeness (QED) is 0.611. The third-order valence-corrected chi connectivity index (χ3v) is 5.82. The van der Waals surface area contributed by atoms with E-state index in [-0.39, 0.29) is 25.3 Å². The summed E-state index contributed by atoms with van der Waals surface area (Å²) in [6, 6.07) is -3.02. The molecule has 154 valence electrons. The van der Waals surface area contributed by atoms with E-state index in [1.807, 2.05) is 0 Å². The van der Waals surface area contributed by atoms with Crippen LogP contribution in [0.15, 0.2) is 0 Å². The molecule has 2 saturated heterocycles. The van der Waals surface area contributed by atoms with Gasteiger partial charge in [0.15, 0.2) is 0 Å². The molecule has 3 atom stereocenters. The first-order valence-corrected chi connectivity index (χ1v) is 9.20. The van der Waals surface area contributed by atoms with Crippen molar-refractivity contribution in [2.24, 2.45) is 5.92 Å². The van der Waals surface area contributed by atoms with Gasteiger partial charge in [-0.05, 0) is 72.8 Å². The molecular formula is C18H30F6N2. The average Bonchev–Trinajstić information content (AvgIpc) is 3.01. The molecule has 2 fully saturated rings. The first-order valence-electron chi connectivity index (χ1n) is 9.20. The number of alkyl halides is 6. The molecule has 8 heteroatoms. The summed E-state index contributed by atoms with van der Waals surface area (Å²) in [5, 5.41) is 0. The number of rotatable bonds is 3. The predicted octanol–water partition coefficient (Wildman–Crippen LogP) is 5.23. The minimum atomic E-state index is -4.33. The monoisotopic (exact) mass is 388 g/mol. The normalized spacial score (nSPS) is 30.3. The minimum Gasteiger partial charge on any atom is -0.287 e. The van der Waals surface area contributed by atoms with Crippen molar-refractivity contribution in [2.45, 2.75) is 95.8 Å². The summed E-state index contributed by atoms with van der Waals surface area (Å²) >= 11 is 0. The van der Waals surface area contributed by atoms with Crippen LogP contribution in [0.25, 0.3) is 0 Å². The zero-order valence-electron chi connectivity index (χ0n) is 16.1. The summed E-state index contributed by atoms with van der Waals surface area (Å²) in [6.45, 7) is 9.33. The molecule has 0 aromatic carbocycles. The fourth-order valence-electron chi connectivity index (χ4n) is 4.78. The molecule has 0 spiro atoms. The molecule has 0 aliphatic carbocycles. The highest BCUT2D eigenvalue weighted by atomic mass is 19.4. The van der Waals surface area contributed by atoms with Crippen LogP contribution < -0.4 is 0 Å². The molecule has 0 N–H and O–H groups in total. The summed E-state index contributed by atoms with van der Waals surface area (Å²) in [5.74, 6) is -0.273. The van der Waals surface area contributed by atoms with Gasteiger partial charge in [0.2, 0.25) is 0 Å². The van der Waals surface area contributed by atoms with E-state index < -0.39 is 35.5 Å². The Morgan fingerprint density at radius 3 is 1.77 bits per heavy atom. The summed E-state index contributed by atoms with van der Waals surface area (Å²) in [7, 11) is 0. The standard InChI is InChI=1S/C18H30F6N2/c1-15(2,3)26-11-12(9-14(26)18(22,23)24)10-16(4,5)25-8-6-7-13(25)17(19,20)21/h12-14H,6-11H2,1-5H3/t12?,13-,14?/m1/s1. The lowest BCUT2D eigenvalue weighted by atomic mass is 9.87. The van der Waals surface area contributed by atoms with Gasteiger partial charge in [0, 0.05) is 17.6 Å². The molecule has 0 amide bonds. The first-order chi connectivity index (χ1) is 11.5. The highest BCUT2D eigenvalue weighted by Gasteiger charge is 2.54. The zero-order valence-corrected chi connectivity index (χ0v) is 16.1. The van der Waals surface area contributed by atoms with Crippen LogP contribution in [0.5, 0.6) is 0 Å². The molecule has 26 heavy (non-hydrogen) atoms. The SMILES string of the molecule is CC(C)(C)N1CC(CC(C)(C)N2CCC[C@@H]2C(F)(F)F)CC1C(F)(F)F. The second-order valence-electron chi connectivity index (χ2n) is 9.39. The van der Waals surface area contributed by atoms with E-state index >= 15 is 0 Å².